The Morgan fingerprint density at radius 3 is 1.35 bits per heavy atom. The van der Waals surface area contributed by atoms with E-state index in [1.807, 2.05) is 68.4 Å². The Morgan fingerprint density at radius 1 is 0.526 bits per heavy atom. The Bertz CT molecular complexity index is 2410. The van der Waals surface area contributed by atoms with Crippen molar-refractivity contribution in [3.8, 4) is 11.5 Å². The summed E-state index contributed by atoms with van der Waals surface area (Å²) in [6.45, 7) is 22.9. The second-order valence-electron chi connectivity index (χ2n) is 17.9. The van der Waals surface area contributed by atoms with Gasteiger partial charge in [0, 0.05) is 44.7 Å². The zero-order valence-corrected chi connectivity index (χ0v) is 37.3. The number of methoxy groups -OCH3 is 2. The van der Waals surface area contributed by atoms with Gasteiger partial charge in [-0.05, 0) is 89.8 Å². The van der Waals surface area contributed by atoms with Gasteiger partial charge in [0.15, 0.2) is 0 Å². The Kier molecular flexibility index (Phi) is 12.3. The van der Waals surface area contributed by atoms with Gasteiger partial charge in [0.1, 0.15) is 33.8 Å². The first-order chi connectivity index (χ1) is 26.7. The fourth-order valence-corrected chi connectivity index (χ4v) is 9.39. The first-order valence-electron chi connectivity index (χ1n) is 19.4. The molecule has 2 N–H and O–H groups in total. The van der Waals surface area contributed by atoms with Crippen molar-refractivity contribution in [2.75, 3.05) is 14.2 Å². The molecule has 12 heteroatoms. The highest BCUT2D eigenvalue weighted by atomic mass is 31.1. The lowest BCUT2D eigenvalue weighted by Crippen LogP contribution is -2.21. The average Bonchev–Trinajstić information content (AvgIpc) is 3.38. The largest absolute Gasteiger partial charge is 0.497 e. The van der Waals surface area contributed by atoms with Gasteiger partial charge in [-0.2, -0.15) is 0 Å². The molecule has 4 aromatic carbocycles. The molecule has 308 valence electrons. The second-order valence-corrected chi connectivity index (χ2v) is 19.9. The van der Waals surface area contributed by atoms with Gasteiger partial charge in [0.05, 0.1) is 39.6 Å². The lowest BCUT2D eigenvalue weighted by atomic mass is 9.84. The summed E-state index contributed by atoms with van der Waals surface area (Å²) in [6, 6.07) is 17.5. The molecule has 0 saturated heterocycles. The van der Waals surface area contributed by atoms with E-state index < -0.39 is 16.5 Å². The molecule has 0 spiro atoms. The lowest BCUT2D eigenvalue weighted by Gasteiger charge is -2.21. The van der Waals surface area contributed by atoms with Crippen LogP contribution in [0.15, 0.2) is 71.4 Å². The van der Waals surface area contributed by atoms with Gasteiger partial charge in [-0.15, -0.1) is 0 Å². The molecule has 0 aliphatic carbocycles. The molecule has 1 unspecified atom stereocenters. The fourth-order valence-electron chi connectivity index (χ4n) is 7.03. The van der Waals surface area contributed by atoms with Crippen molar-refractivity contribution < 1.29 is 45.5 Å². The average molecular weight is 821 g/mol. The molecule has 10 nitrogen and oxygen atoms in total. The monoisotopic (exact) mass is 820 g/mol. The third kappa shape index (κ3) is 9.23. The fraction of sp³-hybridized carbons (Fsp3) is 0.467. The number of fused-ring (bicyclic) bond motifs is 6. The molecule has 0 aliphatic heterocycles. The summed E-state index contributed by atoms with van der Waals surface area (Å²) in [7, 11) is -0.543. The van der Waals surface area contributed by atoms with Gasteiger partial charge in [-0.1, -0.05) is 68.4 Å². The van der Waals surface area contributed by atoms with E-state index in [9.17, 15) is 10.2 Å². The SMILES string of the molecule is COc1cc(C(C)(C)C)c2op(O[C@H](C)C[C@@H](C)Op3oc4ccc(CO)cc4c4cc(CO)cc(C(C)(C)C)c4o3)oc3c(C(C)(C)C)cc(OC)cc3c2c1. The zero-order chi connectivity index (χ0) is 41.6. The second kappa shape index (κ2) is 16.4. The van der Waals surface area contributed by atoms with Gasteiger partial charge in [-0.3, -0.25) is 9.05 Å². The smallest absolute Gasteiger partial charge is 0.387 e. The summed E-state index contributed by atoms with van der Waals surface area (Å²) < 4.78 is 51.7. The topological polar surface area (TPSA) is 130 Å². The molecule has 6 rings (SSSR count). The van der Waals surface area contributed by atoms with E-state index in [-0.39, 0.29) is 41.7 Å². The van der Waals surface area contributed by atoms with Crippen LogP contribution < -0.4 is 18.5 Å². The third-order valence-corrected chi connectivity index (χ3v) is 12.4. The first kappa shape index (κ1) is 42.7. The molecule has 0 fully saturated rings. The van der Waals surface area contributed by atoms with Gasteiger partial charge < -0.3 is 36.5 Å². The van der Waals surface area contributed by atoms with E-state index in [2.05, 4.69) is 62.3 Å². The van der Waals surface area contributed by atoms with E-state index in [1.165, 1.54) is 0 Å². The molecule has 6 aromatic rings. The predicted molar refractivity (Wildman–Crippen MR) is 230 cm³/mol. The molecular formula is C45H58O10P2. The van der Waals surface area contributed by atoms with Crippen LogP contribution in [0.25, 0.3) is 43.9 Å². The number of hydrogen-bond acceptors (Lipinski definition) is 10. The van der Waals surface area contributed by atoms with Crippen LogP contribution in [0.3, 0.4) is 0 Å². The summed E-state index contributed by atoms with van der Waals surface area (Å²) >= 11 is 0. The van der Waals surface area contributed by atoms with Crippen molar-refractivity contribution in [1.82, 2.24) is 0 Å². The number of benzene rings is 4. The van der Waals surface area contributed by atoms with Crippen molar-refractivity contribution in [3.63, 3.8) is 0 Å². The van der Waals surface area contributed by atoms with Crippen LogP contribution in [0.4, 0.5) is 0 Å². The van der Waals surface area contributed by atoms with E-state index in [1.54, 1.807) is 14.2 Å². The number of aliphatic hydroxyl groups is 2. The lowest BCUT2D eigenvalue weighted by molar-refractivity contribution is 0.184. The number of ether oxygens (including phenoxy) is 2. The van der Waals surface area contributed by atoms with E-state index >= 15 is 0 Å². The predicted octanol–water partition coefficient (Wildman–Crippen LogP) is 12.5. The van der Waals surface area contributed by atoms with E-state index in [0.717, 1.165) is 49.4 Å². The minimum absolute atomic E-state index is 0.125. The molecular weight excluding hydrogens is 762 g/mol. The van der Waals surface area contributed by atoms with Crippen molar-refractivity contribution in [2.24, 2.45) is 0 Å². The summed E-state index contributed by atoms with van der Waals surface area (Å²) in [5.41, 5.74) is 5.99. The molecule has 0 aliphatic rings. The summed E-state index contributed by atoms with van der Waals surface area (Å²) in [6.07, 6.45) is -0.262. The summed E-state index contributed by atoms with van der Waals surface area (Å²) in [4.78, 5) is 0. The Hall–Kier alpha value is -3.88. The van der Waals surface area contributed by atoms with Crippen LogP contribution in [-0.2, 0) is 29.5 Å². The maximum atomic E-state index is 10.2. The summed E-state index contributed by atoms with van der Waals surface area (Å²) in [5.74, 6) is 1.43. The quantitative estimate of drug-likeness (QED) is 0.138. The van der Waals surface area contributed by atoms with Crippen molar-refractivity contribution in [2.45, 2.75) is 124 Å². The molecule has 3 atom stereocenters. The first-order valence-corrected chi connectivity index (χ1v) is 21.6. The highest BCUT2D eigenvalue weighted by molar-refractivity contribution is 7.32. The molecule has 57 heavy (non-hydrogen) atoms. The van der Waals surface area contributed by atoms with Crippen molar-refractivity contribution in [1.29, 1.82) is 0 Å². The standard InChI is InChI=1S/C45H58O10P2/c1-26(50-56-52-39-15-14-28(24-46)17-32(39)33-18-29(25-47)19-36(40(33)53-56)43(3,4)5)16-27(2)51-57-54-41-34(20-30(48-12)22-37(41)44(6,7)8)35-21-31(49-13)23-38(42(35)55-57)45(9,10)11/h14-15,17-23,26-27,46-47H,16,24-25H2,1-13H3/t26-,27-,56?/m1/s1. The van der Waals surface area contributed by atoms with Crippen molar-refractivity contribution in [3.05, 3.63) is 82.4 Å². The molecule has 2 aromatic heterocycles. The highest BCUT2D eigenvalue weighted by Gasteiger charge is 2.27. The van der Waals surface area contributed by atoms with Crippen LogP contribution in [0.5, 0.6) is 11.5 Å². The number of rotatable bonds is 10. The minimum atomic E-state index is -1.95. The van der Waals surface area contributed by atoms with Gasteiger partial charge in [0.2, 0.25) is 0 Å². The maximum Gasteiger partial charge on any atom is 0.387 e. The van der Waals surface area contributed by atoms with Crippen LogP contribution in [0, 0.1) is 0 Å². The molecule has 0 amide bonds. The van der Waals surface area contributed by atoms with Gasteiger partial charge in [0.25, 0.3) is 0 Å². The Labute approximate surface area is 337 Å². The normalized spacial score (nSPS) is 14.1. The zero-order valence-electron chi connectivity index (χ0n) is 35.5. The van der Waals surface area contributed by atoms with Crippen LogP contribution in [0.1, 0.15) is 110 Å². The minimum Gasteiger partial charge on any atom is -0.497 e. The molecule has 0 radical (unpaired) electrons. The maximum absolute atomic E-state index is 10.2. The molecule has 0 saturated carbocycles. The van der Waals surface area contributed by atoms with Gasteiger partial charge in [-0.25, -0.2) is 0 Å². The van der Waals surface area contributed by atoms with Crippen molar-refractivity contribution >= 4 is 60.4 Å². The van der Waals surface area contributed by atoms with Crippen LogP contribution in [-0.4, -0.2) is 36.6 Å². The van der Waals surface area contributed by atoms with E-state index in [0.29, 0.717) is 40.3 Å². The number of hydrogen-bond donors (Lipinski definition) is 2. The molecule has 0 bridgehead atoms. The third-order valence-electron chi connectivity index (χ3n) is 10.0. The van der Waals surface area contributed by atoms with Gasteiger partial charge >= 0.3 is 16.5 Å². The Balaban J connectivity index is 1.45. The van der Waals surface area contributed by atoms with Crippen LogP contribution in [0.2, 0.25) is 0 Å². The van der Waals surface area contributed by atoms with Crippen LogP contribution >= 0.6 is 16.5 Å². The number of aliphatic hydroxyl groups excluding tert-OH is 2. The van der Waals surface area contributed by atoms with E-state index in [4.69, 9.17) is 35.3 Å². The Morgan fingerprint density at radius 2 is 0.930 bits per heavy atom. The summed E-state index contributed by atoms with van der Waals surface area (Å²) in [5, 5.41) is 23.4. The molecule has 2 heterocycles. The highest BCUT2D eigenvalue weighted by Crippen LogP contribution is 2.46.